The minimum atomic E-state index is -0.218. The molecule has 150 valence electrons. The average molecular weight is 384 g/mol. The number of halogens is 1. The van der Waals surface area contributed by atoms with Crippen molar-refractivity contribution < 1.29 is 9.18 Å². The zero-order valence-corrected chi connectivity index (χ0v) is 16.6. The highest BCUT2D eigenvalue weighted by atomic mass is 19.1. The molecule has 2 N–H and O–H groups in total. The normalized spacial score (nSPS) is 16.4. The Kier molecular flexibility index (Phi) is 6.87. The van der Waals surface area contributed by atoms with Gasteiger partial charge in [0.25, 0.3) is 0 Å². The van der Waals surface area contributed by atoms with Gasteiger partial charge < -0.3 is 20.4 Å². The topological polar surface area (TPSA) is 47.6 Å². The van der Waals surface area contributed by atoms with Crippen molar-refractivity contribution in [2.75, 3.05) is 38.6 Å². The van der Waals surface area contributed by atoms with Gasteiger partial charge in [-0.2, -0.15) is 0 Å². The van der Waals surface area contributed by atoms with Gasteiger partial charge in [0, 0.05) is 38.4 Å². The summed E-state index contributed by atoms with van der Waals surface area (Å²) in [7, 11) is 4.07. The molecule has 1 fully saturated rings. The summed E-state index contributed by atoms with van der Waals surface area (Å²) in [5.41, 5.74) is 3.39. The maximum Gasteiger partial charge on any atom is 0.315 e. The van der Waals surface area contributed by atoms with E-state index < -0.39 is 0 Å². The molecule has 0 aliphatic carbocycles. The van der Waals surface area contributed by atoms with Crippen molar-refractivity contribution in [1.29, 1.82) is 0 Å². The van der Waals surface area contributed by atoms with E-state index >= 15 is 0 Å². The van der Waals surface area contributed by atoms with Crippen LogP contribution in [0.2, 0.25) is 0 Å². The minimum Gasteiger partial charge on any atom is -0.371 e. The quantitative estimate of drug-likeness (QED) is 0.771. The largest absolute Gasteiger partial charge is 0.371 e. The molecule has 3 rings (SSSR count). The molecule has 6 heteroatoms. The molecule has 28 heavy (non-hydrogen) atoms. The van der Waals surface area contributed by atoms with Crippen LogP contribution in [0, 0.1) is 11.7 Å². The zero-order chi connectivity index (χ0) is 19.9. The highest BCUT2D eigenvalue weighted by Gasteiger charge is 2.23. The molecule has 0 spiro atoms. The molecule has 0 bridgehead atoms. The highest BCUT2D eigenvalue weighted by molar-refractivity contribution is 5.73. The third-order valence-electron chi connectivity index (χ3n) is 5.07. The van der Waals surface area contributed by atoms with Crippen molar-refractivity contribution in [2.24, 2.45) is 5.92 Å². The van der Waals surface area contributed by atoms with Crippen molar-refractivity contribution in [3.8, 4) is 0 Å². The number of amides is 2. The predicted octanol–water partition coefficient (Wildman–Crippen LogP) is 3.21. The number of carbonyl (C=O) groups is 1. The summed E-state index contributed by atoms with van der Waals surface area (Å²) in [6.07, 6.45) is 1.02. The number of rotatable bonds is 7. The number of urea groups is 1. The van der Waals surface area contributed by atoms with E-state index in [1.54, 1.807) is 0 Å². The first kappa shape index (κ1) is 20.1. The fourth-order valence-electron chi connectivity index (χ4n) is 3.59. The second kappa shape index (κ2) is 9.55. The maximum atomic E-state index is 13.1. The SMILES string of the molecule is CN(C)Cc1ccccc1CNC(=O)NC[C@@H]1CCN(c2ccc(F)cc2)C1. The lowest BCUT2D eigenvalue weighted by Crippen LogP contribution is -2.38. The zero-order valence-electron chi connectivity index (χ0n) is 16.6. The van der Waals surface area contributed by atoms with E-state index in [0.29, 0.717) is 19.0 Å². The minimum absolute atomic E-state index is 0.139. The molecular weight excluding hydrogens is 355 g/mol. The molecule has 2 aromatic rings. The van der Waals surface area contributed by atoms with Crippen LogP contribution in [0.25, 0.3) is 0 Å². The van der Waals surface area contributed by atoms with Crippen LogP contribution in [-0.4, -0.2) is 44.7 Å². The number of nitrogens with zero attached hydrogens (tertiary/aromatic N) is 2. The van der Waals surface area contributed by atoms with Crippen LogP contribution in [0.1, 0.15) is 17.5 Å². The highest BCUT2D eigenvalue weighted by Crippen LogP contribution is 2.23. The molecule has 2 aromatic carbocycles. The summed E-state index contributed by atoms with van der Waals surface area (Å²) >= 11 is 0. The molecule has 0 saturated carbocycles. The Hall–Kier alpha value is -2.60. The van der Waals surface area contributed by atoms with Crippen LogP contribution in [-0.2, 0) is 13.1 Å². The summed E-state index contributed by atoms with van der Waals surface area (Å²) in [5.74, 6) is 0.182. The Morgan fingerprint density at radius 1 is 1.11 bits per heavy atom. The number of benzene rings is 2. The molecule has 1 saturated heterocycles. The van der Waals surface area contributed by atoms with Gasteiger partial charge in [-0.15, -0.1) is 0 Å². The third kappa shape index (κ3) is 5.70. The number of anilines is 1. The number of carbonyl (C=O) groups excluding carboxylic acids is 1. The van der Waals surface area contributed by atoms with Crippen molar-refractivity contribution in [1.82, 2.24) is 15.5 Å². The number of hydrogen-bond acceptors (Lipinski definition) is 3. The Labute approximate surface area is 166 Å². The van der Waals surface area contributed by atoms with Crippen molar-refractivity contribution in [3.05, 3.63) is 65.5 Å². The first-order valence-electron chi connectivity index (χ1n) is 9.75. The monoisotopic (exact) mass is 384 g/mol. The van der Waals surface area contributed by atoms with E-state index in [0.717, 1.165) is 37.3 Å². The molecule has 1 atom stereocenters. The Balaban J connectivity index is 1.42. The van der Waals surface area contributed by atoms with Crippen LogP contribution < -0.4 is 15.5 Å². The second-order valence-corrected chi connectivity index (χ2v) is 7.65. The molecular formula is C22H29FN4O. The molecule has 0 unspecified atom stereocenters. The third-order valence-corrected chi connectivity index (χ3v) is 5.07. The number of nitrogens with one attached hydrogen (secondary N) is 2. The molecule has 0 radical (unpaired) electrons. The van der Waals surface area contributed by atoms with E-state index in [1.165, 1.54) is 17.7 Å². The van der Waals surface area contributed by atoms with E-state index in [9.17, 15) is 9.18 Å². The van der Waals surface area contributed by atoms with Gasteiger partial charge in [-0.25, -0.2) is 9.18 Å². The lowest BCUT2D eigenvalue weighted by Gasteiger charge is -2.19. The Bertz CT molecular complexity index is 778. The van der Waals surface area contributed by atoms with Crippen LogP contribution in [0.3, 0.4) is 0 Å². The van der Waals surface area contributed by atoms with Gasteiger partial charge in [0.2, 0.25) is 0 Å². The van der Waals surface area contributed by atoms with Crippen LogP contribution in [0.5, 0.6) is 0 Å². The fourth-order valence-corrected chi connectivity index (χ4v) is 3.59. The van der Waals surface area contributed by atoms with Crippen LogP contribution in [0.4, 0.5) is 14.9 Å². The maximum absolute atomic E-state index is 13.1. The molecule has 2 amide bonds. The number of hydrogen-bond donors (Lipinski definition) is 2. The lowest BCUT2D eigenvalue weighted by atomic mass is 10.1. The molecule has 0 aromatic heterocycles. The van der Waals surface area contributed by atoms with E-state index in [4.69, 9.17) is 0 Å². The van der Waals surface area contributed by atoms with Gasteiger partial charge in [-0.3, -0.25) is 0 Å². The van der Waals surface area contributed by atoms with Crippen LogP contribution in [0.15, 0.2) is 48.5 Å². The predicted molar refractivity (Wildman–Crippen MR) is 111 cm³/mol. The van der Waals surface area contributed by atoms with Crippen molar-refractivity contribution in [2.45, 2.75) is 19.5 Å². The summed E-state index contributed by atoms with van der Waals surface area (Å²) in [6, 6.07) is 14.6. The summed E-state index contributed by atoms with van der Waals surface area (Å²) < 4.78 is 13.1. The van der Waals surface area contributed by atoms with Gasteiger partial charge in [0.05, 0.1) is 0 Å². The fraction of sp³-hybridized carbons (Fsp3) is 0.409. The first-order chi connectivity index (χ1) is 13.5. The standard InChI is InChI=1S/C22H29FN4O/c1-26(2)16-19-6-4-3-5-18(19)14-25-22(28)24-13-17-11-12-27(15-17)21-9-7-20(23)8-10-21/h3-10,17H,11-16H2,1-2H3,(H2,24,25,28)/t17-/m0/s1. The van der Waals surface area contributed by atoms with E-state index in [2.05, 4.69) is 32.6 Å². The summed E-state index contributed by atoms with van der Waals surface area (Å²) in [4.78, 5) is 16.6. The van der Waals surface area contributed by atoms with Crippen molar-refractivity contribution >= 4 is 11.7 Å². The van der Waals surface area contributed by atoms with Crippen molar-refractivity contribution in [3.63, 3.8) is 0 Å². The first-order valence-corrected chi connectivity index (χ1v) is 9.75. The summed E-state index contributed by atoms with van der Waals surface area (Å²) in [6.45, 7) is 3.81. The van der Waals surface area contributed by atoms with Gasteiger partial charge in [0.15, 0.2) is 0 Å². The van der Waals surface area contributed by atoms with Crippen LogP contribution >= 0.6 is 0 Å². The molecule has 1 aliphatic heterocycles. The van der Waals surface area contributed by atoms with Gasteiger partial charge in [-0.1, -0.05) is 24.3 Å². The van der Waals surface area contributed by atoms with Gasteiger partial charge >= 0.3 is 6.03 Å². The Morgan fingerprint density at radius 2 is 1.82 bits per heavy atom. The smallest absolute Gasteiger partial charge is 0.315 e. The van der Waals surface area contributed by atoms with Gasteiger partial charge in [0.1, 0.15) is 5.82 Å². The molecule has 1 heterocycles. The lowest BCUT2D eigenvalue weighted by molar-refractivity contribution is 0.239. The Morgan fingerprint density at radius 3 is 2.54 bits per heavy atom. The van der Waals surface area contributed by atoms with E-state index in [-0.39, 0.29) is 11.8 Å². The average Bonchev–Trinajstić information content (AvgIpc) is 3.15. The summed E-state index contributed by atoms with van der Waals surface area (Å²) in [5, 5.41) is 5.95. The molecule has 5 nitrogen and oxygen atoms in total. The second-order valence-electron chi connectivity index (χ2n) is 7.65. The molecule has 1 aliphatic rings. The van der Waals surface area contributed by atoms with Gasteiger partial charge in [-0.05, 0) is 61.8 Å². The van der Waals surface area contributed by atoms with E-state index in [1.807, 2.05) is 38.4 Å².